The summed E-state index contributed by atoms with van der Waals surface area (Å²) in [4.78, 5) is 0. The van der Waals surface area contributed by atoms with Crippen molar-refractivity contribution in [2.24, 2.45) is 0 Å². The second kappa shape index (κ2) is 8.93. The fourth-order valence-electron chi connectivity index (χ4n) is 1.91. The van der Waals surface area contributed by atoms with Crippen LogP contribution < -0.4 is 0 Å². The first kappa shape index (κ1) is 13.9. The first-order valence-corrected chi connectivity index (χ1v) is 6.28. The van der Waals surface area contributed by atoms with Crippen LogP contribution >= 0.6 is 0 Å². The van der Waals surface area contributed by atoms with E-state index in [9.17, 15) is 5.11 Å². The maximum atomic E-state index is 9.45. The van der Waals surface area contributed by atoms with Crippen molar-refractivity contribution < 1.29 is 19.3 Å². The number of ether oxygens (including phenoxy) is 3. The van der Waals surface area contributed by atoms with Crippen LogP contribution in [0.4, 0.5) is 0 Å². The lowest BCUT2D eigenvalue weighted by Gasteiger charge is -2.25. The van der Waals surface area contributed by atoms with Crippen LogP contribution in [0.3, 0.4) is 0 Å². The smallest absolute Gasteiger partial charge is 0.0704 e. The van der Waals surface area contributed by atoms with Crippen LogP contribution in [-0.2, 0) is 14.2 Å². The van der Waals surface area contributed by atoms with Crippen LogP contribution in [0, 0.1) is 0 Å². The third-order valence-corrected chi connectivity index (χ3v) is 2.76. The van der Waals surface area contributed by atoms with Gasteiger partial charge in [-0.3, -0.25) is 0 Å². The molecular formula is C12H24O4. The highest BCUT2D eigenvalue weighted by molar-refractivity contribution is 4.72. The van der Waals surface area contributed by atoms with Gasteiger partial charge in [-0.2, -0.15) is 0 Å². The van der Waals surface area contributed by atoms with Gasteiger partial charge in [-0.05, 0) is 32.6 Å². The van der Waals surface area contributed by atoms with E-state index in [0.29, 0.717) is 26.4 Å². The van der Waals surface area contributed by atoms with Gasteiger partial charge in [0.15, 0.2) is 0 Å². The lowest BCUT2D eigenvalue weighted by molar-refractivity contribution is -0.0423. The minimum atomic E-state index is -0.169. The monoisotopic (exact) mass is 232 g/mol. The zero-order valence-corrected chi connectivity index (χ0v) is 10.2. The summed E-state index contributed by atoms with van der Waals surface area (Å²) in [5.74, 6) is 0. The zero-order valence-electron chi connectivity index (χ0n) is 10.2. The molecule has 1 N–H and O–H groups in total. The van der Waals surface area contributed by atoms with E-state index in [-0.39, 0.29) is 12.2 Å². The minimum Gasteiger partial charge on any atom is -0.393 e. The molecule has 0 aliphatic heterocycles. The first-order valence-electron chi connectivity index (χ1n) is 6.28. The van der Waals surface area contributed by atoms with Gasteiger partial charge < -0.3 is 19.3 Å². The summed E-state index contributed by atoms with van der Waals surface area (Å²) in [5.41, 5.74) is 0. The van der Waals surface area contributed by atoms with E-state index in [2.05, 4.69) is 0 Å². The summed E-state index contributed by atoms with van der Waals surface area (Å²) < 4.78 is 16.1. The van der Waals surface area contributed by atoms with Crippen LogP contribution in [0.2, 0.25) is 0 Å². The van der Waals surface area contributed by atoms with Crippen molar-refractivity contribution in [1.82, 2.24) is 0 Å². The number of aliphatic hydroxyl groups excluding tert-OH is 1. The Morgan fingerprint density at radius 3 is 2.56 bits per heavy atom. The average molecular weight is 232 g/mol. The van der Waals surface area contributed by atoms with Crippen molar-refractivity contribution in [3.05, 3.63) is 0 Å². The Kier molecular flexibility index (Phi) is 7.76. The second-order valence-electron chi connectivity index (χ2n) is 4.12. The van der Waals surface area contributed by atoms with Crippen LogP contribution in [-0.4, -0.2) is 50.3 Å². The minimum absolute atomic E-state index is 0.169. The van der Waals surface area contributed by atoms with Crippen molar-refractivity contribution in [2.75, 3.05) is 33.0 Å². The Hall–Kier alpha value is -0.160. The fraction of sp³-hybridized carbons (Fsp3) is 1.00. The Balaban J connectivity index is 1.86. The van der Waals surface area contributed by atoms with Crippen molar-refractivity contribution in [3.8, 4) is 0 Å². The predicted octanol–water partition coefficient (Wildman–Crippen LogP) is 1.36. The molecule has 1 unspecified atom stereocenters. The van der Waals surface area contributed by atoms with E-state index in [1.165, 1.54) is 0 Å². The van der Waals surface area contributed by atoms with Crippen LogP contribution in [0.1, 0.15) is 32.6 Å². The molecule has 1 aliphatic rings. The van der Waals surface area contributed by atoms with Crippen molar-refractivity contribution >= 4 is 0 Å². The van der Waals surface area contributed by atoms with Gasteiger partial charge in [-0.15, -0.1) is 0 Å². The molecule has 0 aromatic rings. The Morgan fingerprint density at radius 2 is 1.81 bits per heavy atom. The van der Waals surface area contributed by atoms with Gasteiger partial charge in [0, 0.05) is 6.61 Å². The van der Waals surface area contributed by atoms with Gasteiger partial charge in [-0.25, -0.2) is 0 Å². The van der Waals surface area contributed by atoms with Gasteiger partial charge in [0.2, 0.25) is 0 Å². The third kappa shape index (κ3) is 6.43. The molecule has 0 spiro atoms. The predicted molar refractivity (Wildman–Crippen MR) is 61.5 cm³/mol. The summed E-state index contributed by atoms with van der Waals surface area (Å²) >= 11 is 0. The normalized spacial score (nSPS) is 25.9. The molecule has 1 saturated carbocycles. The van der Waals surface area contributed by atoms with E-state index in [4.69, 9.17) is 14.2 Å². The summed E-state index contributed by atoms with van der Waals surface area (Å²) in [6.07, 6.45) is 3.88. The highest BCUT2D eigenvalue weighted by atomic mass is 16.5. The lowest BCUT2D eigenvalue weighted by Crippen LogP contribution is -2.27. The lowest BCUT2D eigenvalue weighted by atomic mass is 9.95. The van der Waals surface area contributed by atoms with Crippen molar-refractivity contribution in [1.29, 1.82) is 0 Å². The largest absolute Gasteiger partial charge is 0.393 e. The molecule has 4 nitrogen and oxygen atoms in total. The fourth-order valence-corrected chi connectivity index (χ4v) is 1.91. The molecule has 0 bridgehead atoms. The quantitative estimate of drug-likeness (QED) is 0.642. The molecule has 1 fully saturated rings. The molecular weight excluding hydrogens is 208 g/mol. The van der Waals surface area contributed by atoms with E-state index < -0.39 is 0 Å². The summed E-state index contributed by atoms with van der Waals surface area (Å²) in [6.45, 7) is 5.21. The molecule has 96 valence electrons. The molecule has 0 aromatic carbocycles. The molecule has 1 rings (SSSR count). The van der Waals surface area contributed by atoms with E-state index in [1.807, 2.05) is 6.92 Å². The Labute approximate surface area is 97.9 Å². The van der Waals surface area contributed by atoms with Crippen LogP contribution in [0.15, 0.2) is 0 Å². The van der Waals surface area contributed by atoms with Gasteiger partial charge in [0.1, 0.15) is 0 Å². The molecule has 0 aromatic heterocycles. The zero-order chi connectivity index (χ0) is 11.6. The summed E-state index contributed by atoms with van der Waals surface area (Å²) in [6, 6.07) is 0. The highest BCUT2D eigenvalue weighted by Gasteiger charge is 2.20. The van der Waals surface area contributed by atoms with Gasteiger partial charge in [0.05, 0.1) is 38.6 Å². The second-order valence-corrected chi connectivity index (χ2v) is 4.12. The van der Waals surface area contributed by atoms with E-state index in [1.54, 1.807) is 0 Å². The standard InChI is InChI=1S/C12H24O4/c1-2-14-6-7-15-8-9-16-12-5-3-4-11(13)10-12/h11-13H,2-10H2,1H3/t11-,12?/m1/s1. The molecule has 4 heteroatoms. The number of rotatable bonds is 8. The maximum absolute atomic E-state index is 9.45. The Morgan fingerprint density at radius 1 is 1.06 bits per heavy atom. The SMILES string of the molecule is CCOCCOCCOC1CCC[C@@H](O)C1. The van der Waals surface area contributed by atoms with Crippen molar-refractivity contribution in [3.63, 3.8) is 0 Å². The molecule has 0 radical (unpaired) electrons. The van der Waals surface area contributed by atoms with Crippen molar-refractivity contribution in [2.45, 2.75) is 44.8 Å². The van der Waals surface area contributed by atoms with Gasteiger partial charge in [-0.1, -0.05) is 0 Å². The maximum Gasteiger partial charge on any atom is 0.0704 e. The van der Waals surface area contributed by atoms with Crippen LogP contribution in [0.5, 0.6) is 0 Å². The third-order valence-electron chi connectivity index (χ3n) is 2.76. The van der Waals surface area contributed by atoms with E-state index in [0.717, 1.165) is 32.3 Å². The van der Waals surface area contributed by atoms with E-state index >= 15 is 0 Å². The average Bonchev–Trinajstić information content (AvgIpc) is 2.28. The number of aliphatic hydroxyl groups is 1. The molecule has 16 heavy (non-hydrogen) atoms. The summed E-state index contributed by atoms with van der Waals surface area (Å²) in [7, 11) is 0. The topological polar surface area (TPSA) is 47.9 Å². The molecule has 0 amide bonds. The van der Waals surface area contributed by atoms with Gasteiger partial charge >= 0.3 is 0 Å². The highest BCUT2D eigenvalue weighted by Crippen LogP contribution is 2.20. The Bertz CT molecular complexity index is 163. The first-order chi connectivity index (χ1) is 7.83. The molecule has 0 heterocycles. The molecule has 2 atom stereocenters. The molecule has 0 saturated heterocycles. The van der Waals surface area contributed by atoms with Gasteiger partial charge in [0.25, 0.3) is 0 Å². The number of hydrogen-bond acceptors (Lipinski definition) is 4. The number of hydrogen-bond donors (Lipinski definition) is 1. The molecule has 1 aliphatic carbocycles. The summed E-state index contributed by atoms with van der Waals surface area (Å²) in [5, 5.41) is 9.45. The van der Waals surface area contributed by atoms with Crippen LogP contribution in [0.25, 0.3) is 0 Å².